The van der Waals surface area contributed by atoms with Crippen LogP contribution in [-0.4, -0.2) is 37.2 Å². The molecule has 0 saturated heterocycles. The van der Waals surface area contributed by atoms with Gasteiger partial charge in [-0.25, -0.2) is 0 Å². The Hall–Kier alpha value is -2.31. The molecule has 0 atom stereocenters. The highest BCUT2D eigenvalue weighted by atomic mass is 16.6. The maximum absolute atomic E-state index is 11.7. The normalized spacial score (nSPS) is 10.3. The fourth-order valence-electron chi connectivity index (χ4n) is 1.87. The highest BCUT2D eigenvalue weighted by Crippen LogP contribution is 2.29. The maximum Gasteiger partial charge on any atom is 0.325 e. The molecule has 0 aliphatic carbocycles. The molecular formula is C14H20N2O5. The van der Waals surface area contributed by atoms with Crippen LogP contribution in [0.1, 0.15) is 20.8 Å². The number of non-ortho nitro benzene ring substituents is 1. The average molecular weight is 296 g/mol. The van der Waals surface area contributed by atoms with E-state index in [4.69, 9.17) is 9.47 Å². The van der Waals surface area contributed by atoms with Gasteiger partial charge < -0.3 is 14.4 Å². The van der Waals surface area contributed by atoms with Crippen LogP contribution in [0, 0.1) is 10.1 Å². The molecule has 0 N–H and O–H groups in total. The van der Waals surface area contributed by atoms with Gasteiger partial charge in [-0.05, 0) is 20.8 Å². The SMILES string of the molecule is CCOC(=O)CN(c1cc(OC)cc([N+](=O)[O-])c1)C(C)C. The molecule has 0 aliphatic heterocycles. The van der Waals surface area contributed by atoms with Crippen LogP contribution in [0.5, 0.6) is 5.75 Å². The Kier molecular flexibility index (Phi) is 5.95. The Morgan fingerprint density at radius 2 is 2.05 bits per heavy atom. The first-order chi connectivity index (χ1) is 9.88. The quantitative estimate of drug-likeness (QED) is 0.436. The van der Waals surface area contributed by atoms with E-state index in [1.807, 2.05) is 13.8 Å². The van der Waals surface area contributed by atoms with Crippen molar-refractivity contribution >= 4 is 17.3 Å². The van der Waals surface area contributed by atoms with Crippen molar-refractivity contribution in [3.8, 4) is 5.75 Å². The number of ether oxygens (including phenoxy) is 2. The summed E-state index contributed by atoms with van der Waals surface area (Å²) in [5, 5.41) is 11.0. The van der Waals surface area contributed by atoms with Gasteiger partial charge in [0.2, 0.25) is 0 Å². The highest BCUT2D eigenvalue weighted by molar-refractivity contribution is 5.76. The second kappa shape index (κ2) is 7.47. The van der Waals surface area contributed by atoms with Gasteiger partial charge >= 0.3 is 5.97 Å². The number of carbonyl (C=O) groups excluding carboxylic acids is 1. The molecule has 0 aromatic heterocycles. The van der Waals surface area contributed by atoms with Gasteiger partial charge in [0.1, 0.15) is 12.3 Å². The molecule has 7 heteroatoms. The number of nitro groups is 1. The Balaban J connectivity index is 3.15. The molecule has 1 rings (SSSR count). The third-order valence-corrected chi connectivity index (χ3v) is 2.88. The molecule has 0 fully saturated rings. The van der Waals surface area contributed by atoms with Crippen LogP contribution >= 0.6 is 0 Å². The summed E-state index contributed by atoms with van der Waals surface area (Å²) in [7, 11) is 1.44. The number of hydrogen-bond donors (Lipinski definition) is 0. The van der Waals surface area contributed by atoms with Crippen molar-refractivity contribution < 1.29 is 19.2 Å². The van der Waals surface area contributed by atoms with Crippen LogP contribution in [0.15, 0.2) is 18.2 Å². The molecule has 1 aromatic carbocycles. The molecule has 0 aliphatic rings. The molecule has 116 valence electrons. The van der Waals surface area contributed by atoms with Gasteiger partial charge in [-0.3, -0.25) is 14.9 Å². The van der Waals surface area contributed by atoms with Crippen molar-refractivity contribution in [1.29, 1.82) is 0 Å². The van der Waals surface area contributed by atoms with Gasteiger partial charge in [-0.1, -0.05) is 0 Å². The van der Waals surface area contributed by atoms with Crippen LogP contribution in [0.25, 0.3) is 0 Å². The van der Waals surface area contributed by atoms with Crippen molar-refractivity contribution in [3.63, 3.8) is 0 Å². The van der Waals surface area contributed by atoms with E-state index in [1.54, 1.807) is 17.9 Å². The van der Waals surface area contributed by atoms with Gasteiger partial charge in [0.05, 0.1) is 24.7 Å². The standard InChI is InChI=1S/C14H20N2O5/c1-5-21-14(17)9-15(10(2)3)11-6-12(16(18)19)8-13(7-11)20-4/h6-8,10H,5,9H2,1-4H3. The summed E-state index contributed by atoms with van der Waals surface area (Å²) in [6, 6.07) is 4.39. The third kappa shape index (κ3) is 4.62. The lowest BCUT2D eigenvalue weighted by Gasteiger charge is -2.28. The average Bonchev–Trinajstić information content (AvgIpc) is 2.44. The number of benzene rings is 1. The lowest BCUT2D eigenvalue weighted by Crippen LogP contribution is -2.36. The molecule has 0 amide bonds. The zero-order chi connectivity index (χ0) is 16.0. The molecule has 0 unspecified atom stereocenters. The van der Waals surface area contributed by atoms with Gasteiger partial charge in [0.25, 0.3) is 5.69 Å². The zero-order valence-electron chi connectivity index (χ0n) is 12.7. The van der Waals surface area contributed by atoms with Crippen molar-refractivity contribution in [3.05, 3.63) is 28.3 Å². The molecular weight excluding hydrogens is 276 g/mol. The fourth-order valence-corrected chi connectivity index (χ4v) is 1.87. The first-order valence-electron chi connectivity index (χ1n) is 6.64. The van der Waals surface area contributed by atoms with Crippen LogP contribution in [0.2, 0.25) is 0 Å². The minimum Gasteiger partial charge on any atom is -0.496 e. The minimum atomic E-state index is -0.491. The van der Waals surface area contributed by atoms with Gasteiger partial charge in [0.15, 0.2) is 0 Å². The predicted molar refractivity (Wildman–Crippen MR) is 78.8 cm³/mol. The lowest BCUT2D eigenvalue weighted by molar-refractivity contribution is -0.384. The number of anilines is 1. The topological polar surface area (TPSA) is 81.9 Å². The predicted octanol–water partition coefficient (Wildman–Crippen LogP) is 2.38. The first kappa shape index (κ1) is 16.7. The highest BCUT2D eigenvalue weighted by Gasteiger charge is 2.19. The summed E-state index contributed by atoms with van der Waals surface area (Å²) in [5.74, 6) is -0.00891. The van der Waals surface area contributed by atoms with Gasteiger partial charge in [-0.15, -0.1) is 0 Å². The fraction of sp³-hybridized carbons (Fsp3) is 0.500. The van der Waals surface area contributed by atoms with E-state index in [0.29, 0.717) is 18.0 Å². The Morgan fingerprint density at radius 1 is 1.38 bits per heavy atom. The largest absolute Gasteiger partial charge is 0.496 e. The summed E-state index contributed by atoms with van der Waals surface area (Å²) >= 11 is 0. The van der Waals surface area contributed by atoms with E-state index in [0.717, 1.165) is 0 Å². The molecule has 0 spiro atoms. The molecule has 21 heavy (non-hydrogen) atoms. The third-order valence-electron chi connectivity index (χ3n) is 2.88. The number of carbonyl (C=O) groups is 1. The van der Waals surface area contributed by atoms with Crippen LogP contribution in [0.3, 0.4) is 0 Å². The van der Waals surface area contributed by atoms with Crippen molar-refractivity contribution in [1.82, 2.24) is 0 Å². The number of nitro benzene ring substituents is 1. The Morgan fingerprint density at radius 3 is 2.52 bits per heavy atom. The first-order valence-corrected chi connectivity index (χ1v) is 6.64. The number of hydrogen-bond acceptors (Lipinski definition) is 6. The second-order valence-electron chi connectivity index (χ2n) is 4.67. The monoisotopic (exact) mass is 296 g/mol. The summed E-state index contributed by atoms with van der Waals surface area (Å²) in [5.41, 5.74) is 0.461. The van der Waals surface area contributed by atoms with E-state index in [9.17, 15) is 14.9 Å². The van der Waals surface area contributed by atoms with Crippen molar-refractivity contribution in [2.24, 2.45) is 0 Å². The lowest BCUT2D eigenvalue weighted by atomic mass is 10.2. The number of methoxy groups -OCH3 is 1. The van der Waals surface area contributed by atoms with Crippen LogP contribution < -0.4 is 9.64 Å². The second-order valence-corrected chi connectivity index (χ2v) is 4.67. The Labute approximate surface area is 123 Å². The summed E-state index contributed by atoms with van der Waals surface area (Å²) in [4.78, 5) is 23.9. The molecule has 1 aromatic rings. The minimum absolute atomic E-state index is 0.0236. The van der Waals surface area contributed by atoms with Crippen molar-refractivity contribution in [2.45, 2.75) is 26.8 Å². The summed E-state index contributed by atoms with van der Waals surface area (Å²) in [6.07, 6.45) is 0. The number of rotatable bonds is 7. The van der Waals surface area contributed by atoms with E-state index in [1.165, 1.54) is 19.2 Å². The number of nitrogens with zero attached hydrogens (tertiary/aromatic N) is 2. The summed E-state index contributed by atoms with van der Waals surface area (Å²) in [6.45, 7) is 5.84. The maximum atomic E-state index is 11.7. The molecule has 0 saturated carbocycles. The molecule has 0 heterocycles. The summed E-state index contributed by atoms with van der Waals surface area (Å²) < 4.78 is 10.0. The van der Waals surface area contributed by atoms with Crippen LogP contribution in [-0.2, 0) is 9.53 Å². The molecule has 7 nitrogen and oxygen atoms in total. The molecule has 0 radical (unpaired) electrons. The molecule has 0 bridgehead atoms. The van der Waals surface area contributed by atoms with Gasteiger partial charge in [-0.2, -0.15) is 0 Å². The smallest absolute Gasteiger partial charge is 0.325 e. The van der Waals surface area contributed by atoms with E-state index >= 15 is 0 Å². The van der Waals surface area contributed by atoms with E-state index in [-0.39, 0.29) is 24.2 Å². The Bertz CT molecular complexity index is 516. The van der Waals surface area contributed by atoms with E-state index in [2.05, 4.69) is 0 Å². The number of esters is 1. The van der Waals surface area contributed by atoms with Gasteiger partial charge in [0, 0.05) is 23.9 Å². The zero-order valence-corrected chi connectivity index (χ0v) is 12.7. The van der Waals surface area contributed by atoms with E-state index < -0.39 is 4.92 Å². The van der Waals surface area contributed by atoms with Crippen molar-refractivity contribution in [2.75, 3.05) is 25.2 Å². The van der Waals surface area contributed by atoms with Crippen LogP contribution in [0.4, 0.5) is 11.4 Å².